The van der Waals surface area contributed by atoms with E-state index in [0.717, 1.165) is 5.69 Å². The Hall–Kier alpha value is -8.21. The van der Waals surface area contributed by atoms with E-state index in [0.29, 0.717) is 0 Å². The van der Waals surface area contributed by atoms with Crippen molar-refractivity contribution in [2.45, 2.75) is 27.7 Å². The third kappa shape index (κ3) is 11.4. The molecule has 0 aliphatic heterocycles. The molecule has 0 fully saturated rings. The second-order valence-corrected chi connectivity index (χ2v) is 18.3. The average Bonchev–Trinajstić information content (AvgIpc) is 4.04. The molecular weight excluding hydrogens is 931 g/mol. The number of hydrogen-bond acceptors (Lipinski definition) is 2. The van der Waals surface area contributed by atoms with Crippen LogP contribution in [0.2, 0.25) is 0 Å². The zero-order valence-corrected chi connectivity index (χ0v) is 44.8. The highest BCUT2D eigenvalue weighted by Crippen LogP contribution is 2.44. The fourth-order valence-electron chi connectivity index (χ4n) is 9.32. The molecule has 12 rings (SSSR count). The SMILES string of the molecule is C/C=C\C.C=CC=C.CC.CS.c1ccc(-c2cccc(-c3cccc(-c4cccc(-c5ccc6sc7c(-c8ccc9c(c8)c8ccc(-c%10ccccc%10)cc8n9-c8ccccc8)cccc7c6c5)c4)c3)c2)cc1. The van der Waals surface area contributed by atoms with Crippen LogP contribution in [-0.2, 0) is 0 Å². The van der Waals surface area contributed by atoms with Crippen molar-refractivity contribution in [3.63, 3.8) is 0 Å². The minimum Gasteiger partial charge on any atom is -0.309 e. The number of fused-ring (bicyclic) bond motifs is 6. The van der Waals surface area contributed by atoms with Crippen LogP contribution in [0.5, 0.6) is 0 Å². The monoisotopic (exact) mass is 993 g/mol. The first kappa shape index (κ1) is 52.1. The van der Waals surface area contributed by atoms with E-state index in [9.17, 15) is 0 Å². The predicted octanol–water partition coefficient (Wildman–Crippen LogP) is 21.7. The topological polar surface area (TPSA) is 4.93 Å². The standard InChI is InChI=1S/C60H39NS.C4H8.C4H6.C2H6.CH4S/c1-4-14-40(15-5-1)42-18-10-19-43(34-42)44-20-11-21-45(35-44)46-22-12-23-47(36-46)48-30-33-59-56(37-48)54-27-13-26-52(60(54)62-59)50-29-32-57-55(38-50)53-31-28-49(41-16-6-2-7-17-41)39-58(53)61(57)51-24-8-3-9-25-51;2*1-3-4-2;2*1-2/h1-39H;3-4H,1-2H3;3-4H,1-2H2;1-2H3;2H,1H3/b;4-3-;;;. The molecule has 1 nitrogen and oxygen atoms in total. The molecule has 364 valence electrons. The minimum atomic E-state index is 1.16. The fourth-order valence-corrected chi connectivity index (χ4v) is 10.5. The maximum atomic E-state index is 3.53. The summed E-state index contributed by atoms with van der Waals surface area (Å²) in [5.74, 6) is 0. The quantitative estimate of drug-likeness (QED) is 0.0879. The van der Waals surface area contributed by atoms with Gasteiger partial charge in [0.15, 0.2) is 0 Å². The highest BCUT2D eigenvalue weighted by atomic mass is 32.1. The van der Waals surface area contributed by atoms with E-state index in [-0.39, 0.29) is 0 Å². The van der Waals surface area contributed by atoms with Crippen LogP contribution in [0, 0.1) is 0 Å². The normalized spacial score (nSPS) is 10.6. The van der Waals surface area contributed by atoms with Crippen molar-refractivity contribution in [1.29, 1.82) is 0 Å². The Bertz CT molecular complexity index is 3810. The number of hydrogen-bond donors (Lipinski definition) is 1. The number of aromatic nitrogens is 1. The largest absolute Gasteiger partial charge is 0.309 e. The third-order valence-electron chi connectivity index (χ3n) is 12.9. The first-order chi connectivity index (χ1) is 36.5. The third-order valence-corrected chi connectivity index (χ3v) is 14.1. The van der Waals surface area contributed by atoms with Gasteiger partial charge in [0, 0.05) is 36.6 Å². The maximum absolute atomic E-state index is 3.53. The summed E-state index contributed by atoms with van der Waals surface area (Å²) in [5.41, 5.74) is 18.3. The molecule has 0 saturated heterocycles. The lowest BCUT2D eigenvalue weighted by molar-refractivity contribution is 1.18. The van der Waals surface area contributed by atoms with Crippen LogP contribution < -0.4 is 0 Å². The summed E-state index contributed by atoms with van der Waals surface area (Å²) in [4.78, 5) is 0. The van der Waals surface area contributed by atoms with Gasteiger partial charge in [-0.15, -0.1) is 11.3 Å². The Morgan fingerprint density at radius 3 is 1.28 bits per heavy atom. The van der Waals surface area contributed by atoms with Crippen LogP contribution in [0.25, 0.3) is 114 Å². The molecule has 0 amide bonds. The summed E-state index contributed by atoms with van der Waals surface area (Å²) in [5, 5.41) is 5.10. The van der Waals surface area contributed by atoms with Gasteiger partial charge in [-0.25, -0.2) is 0 Å². The van der Waals surface area contributed by atoms with E-state index in [1.165, 1.54) is 109 Å². The van der Waals surface area contributed by atoms with Gasteiger partial charge in [0.05, 0.1) is 11.0 Å². The second kappa shape index (κ2) is 25.4. The van der Waals surface area contributed by atoms with E-state index in [1.807, 2.05) is 51.2 Å². The molecule has 0 aliphatic rings. The summed E-state index contributed by atoms with van der Waals surface area (Å²) < 4.78 is 5.03. The van der Waals surface area contributed by atoms with Crippen LogP contribution in [-0.4, -0.2) is 10.8 Å². The minimum absolute atomic E-state index is 1.16. The van der Waals surface area contributed by atoms with Gasteiger partial charge < -0.3 is 4.57 Å². The smallest absolute Gasteiger partial charge is 0.0547 e. The van der Waals surface area contributed by atoms with E-state index in [2.05, 4.69) is 267 Å². The van der Waals surface area contributed by atoms with Crippen LogP contribution >= 0.6 is 24.0 Å². The molecule has 0 aliphatic carbocycles. The van der Waals surface area contributed by atoms with Gasteiger partial charge in [0.2, 0.25) is 0 Å². The molecule has 0 N–H and O–H groups in total. The lowest BCUT2D eigenvalue weighted by Crippen LogP contribution is -1.93. The van der Waals surface area contributed by atoms with Gasteiger partial charge in [0.25, 0.3) is 0 Å². The molecule has 0 saturated carbocycles. The average molecular weight is 994 g/mol. The molecule has 12 aromatic rings. The Morgan fingerprint density at radius 2 is 0.770 bits per heavy atom. The zero-order valence-electron chi connectivity index (χ0n) is 43.0. The molecular formula is C71H63NS2. The van der Waals surface area contributed by atoms with Gasteiger partial charge in [-0.05, 0) is 148 Å². The van der Waals surface area contributed by atoms with E-state index >= 15 is 0 Å². The Kier molecular flexibility index (Phi) is 17.9. The molecule has 3 heteroatoms. The second-order valence-electron chi connectivity index (χ2n) is 17.2. The molecule has 0 atom stereocenters. The van der Waals surface area contributed by atoms with E-state index in [4.69, 9.17) is 0 Å². The summed E-state index contributed by atoms with van der Waals surface area (Å²) in [6.45, 7) is 14.7. The molecule has 2 aromatic heterocycles. The number of allylic oxidation sites excluding steroid dienone is 4. The molecule has 0 unspecified atom stereocenters. The van der Waals surface area contributed by atoms with E-state index in [1.54, 1.807) is 18.4 Å². The lowest BCUT2D eigenvalue weighted by atomic mass is 9.94. The van der Waals surface area contributed by atoms with Crippen LogP contribution in [0.4, 0.5) is 0 Å². The highest BCUT2D eigenvalue weighted by Gasteiger charge is 2.17. The van der Waals surface area contributed by atoms with Gasteiger partial charge in [0.1, 0.15) is 0 Å². The number of benzene rings is 10. The highest BCUT2D eigenvalue weighted by molar-refractivity contribution is 7.79. The molecule has 0 radical (unpaired) electrons. The summed E-state index contributed by atoms with van der Waals surface area (Å²) >= 11 is 5.42. The number of para-hydroxylation sites is 1. The van der Waals surface area contributed by atoms with Crippen LogP contribution in [0.15, 0.2) is 274 Å². The van der Waals surface area contributed by atoms with Crippen molar-refractivity contribution in [3.8, 4) is 72.4 Å². The van der Waals surface area contributed by atoms with Crippen molar-refractivity contribution >= 4 is 65.9 Å². The first-order valence-electron chi connectivity index (χ1n) is 25.3. The van der Waals surface area contributed by atoms with Crippen molar-refractivity contribution in [2.75, 3.05) is 6.26 Å². The Balaban J connectivity index is 0.000000558. The molecule has 2 heterocycles. The number of thiophene rings is 1. The van der Waals surface area contributed by atoms with Crippen molar-refractivity contribution < 1.29 is 0 Å². The Morgan fingerprint density at radius 1 is 0.351 bits per heavy atom. The van der Waals surface area contributed by atoms with Crippen LogP contribution in [0.1, 0.15) is 27.7 Å². The summed E-state index contributed by atoms with van der Waals surface area (Å²) in [6, 6.07) is 86.5. The van der Waals surface area contributed by atoms with Gasteiger partial charge in [-0.1, -0.05) is 227 Å². The molecule has 74 heavy (non-hydrogen) atoms. The first-order valence-corrected chi connectivity index (χ1v) is 27.0. The van der Waals surface area contributed by atoms with Gasteiger partial charge in [-0.3, -0.25) is 0 Å². The van der Waals surface area contributed by atoms with Gasteiger partial charge >= 0.3 is 0 Å². The Labute approximate surface area is 448 Å². The number of nitrogens with zero attached hydrogens (tertiary/aromatic N) is 1. The number of thiol groups is 1. The summed E-state index contributed by atoms with van der Waals surface area (Å²) in [6.07, 6.45) is 8.97. The van der Waals surface area contributed by atoms with Crippen molar-refractivity contribution in [3.05, 3.63) is 274 Å². The lowest BCUT2D eigenvalue weighted by Gasteiger charge is -2.10. The van der Waals surface area contributed by atoms with Crippen molar-refractivity contribution in [2.24, 2.45) is 0 Å². The number of rotatable bonds is 8. The molecule has 0 spiro atoms. The van der Waals surface area contributed by atoms with Crippen LogP contribution in [0.3, 0.4) is 0 Å². The zero-order chi connectivity index (χ0) is 51.8. The summed E-state index contributed by atoms with van der Waals surface area (Å²) in [7, 11) is 0. The van der Waals surface area contributed by atoms with E-state index < -0.39 is 0 Å². The van der Waals surface area contributed by atoms with Gasteiger partial charge in [-0.2, -0.15) is 12.6 Å². The molecule has 0 bridgehead atoms. The maximum Gasteiger partial charge on any atom is 0.0547 e. The van der Waals surface area contributed by atoms with Crippen molar-refractivity contribution in [1.82, 2.24) is 4.57 Å². The molecule has 10 aromatic carbocycles. The predicted molar refractivity (Wildman–Crippen MR) is 333 cm³/mol. The fraction of sp³-hybridized carbons (Fsp3) is 0.0704.